The third-order valence-electron chi connectivity index (χ3n) is 5.70. The molecule has 4 rings (SSSR count). The lowest BCUT2D eigenvalue weighted by Crippen LogP contribution is -2.47. The number of Topliss-reactive ketones (excluding diaryl/α,β-unsaturated/α-hetero) is 1. The highest BCUT2D eigenvalue weighted by molar-refractivity contribution is 6.02. The Morgan fingerprint density at radius 1 is 1.00 bits per heavy atom. The van der Waals surface area contributed by atoms with Crippen molar-refractivity contribution in [2.75, 3.05) is 13.1 Å². The number of fused-ring (bicyclic) bond motifs is 1. The van der Waals surface area contributed by atoms with Crippen molar-refractivity contribution in [2.45, 2.75) is 38.1 Å². The Bertz CT molecular complexity index is 779. The molecule has 1 atom stereocenters. The molecule has 124 valence electrons. The van der Waals surface area contributed by atoms with Gasteiger partial charge in [0, 0.05) is 29.6 Å². The van der Waals surface area contributed by atoms with Crippen molar-refractivity contribution in [3.05, 3.63) is 47.5 Å². The number of hydrogen-bond acceptors (Lipinski definition) is 3. The van der Waals surface area contributed by atoms with Gasteiger partial charge in [-0.05, 0) is 55.1 Å². The van der Waals surface area contributed by atoms with Crippen molar-refractivity contribution < 1.29 is 9.59 Å². The minimum Gasteiger partial charge on any atom is -0.300 e. The largest absolute Gasteiger partial charge is 0.300 e. The average Bonchev–Trinajstić information content (AvgIpc) is 2.59. The predicted molar refractivity (Wildman–Crippen MR) is 95.6 cm³/mol. The lowest BCUT2D eigenvalue weighted by Gasteiger charge is -2.42. The van der Waals surface area contributed by atoms with Crippen molar-refractivity contribution in [2.24, 2.45) is 5.92 Å². The Hall–Kier alpha value is -2.00. The molecule has 24 heavy (non-hydrogen) atoms. The Labute approximate surface area is 142 Å². The monoisotopic (exact) mass is 321 g/mol. The van der Waals surface area contributed by atoms with Crippen LogP contribution in [-0.2, 0) is 0 Å². The quantitative estimate of drug-likeness (QED) is 0.628. The Kier molecular flexibility index (Phi) is 4.19. The molecule has 0 N–H and O–H groups in total. The third-order valence-corrected chi connectivity index (χ3v) is 5.70. The van der Waals surface area contributed by atoms with Gasteiger partial charge < -0.3 is 0 Å². The highest BCUT2D eigenvalue weighted by Crippen LogP contribution is 2.30. The zero-order valence-corrected chi connectivity index (χ0v) is 13.9. The maximum Gasteiger partial charge on any atom is 0.167 e. The van der Waals surface area contributed by atoms with Gasteiger partial charge in [0.25, 0.3) is 0 Å². The summed E-state index contributed by atoms with van der Waals surface area (Å²) >= 11 is 0. The highest BCUT2D eigenvalue weighted by Gasteiger charge is 2.32. The van der Waals surface area contributed by atoms with Gasteiger partial charge in [-0.1, -0.05) is 30.7 Å². The summed E-state index contributed by atoms with van der Waals surface area (Å²) in [6.45, 7) is 2.08. The molecule has 2 aliphatic rings. The van der Waals surface area contributed by atoms with Crippen LogP contribution in [0.4, 0.5) is 0 Å². The second-order valence-electron chi connectivity index (χ2n) is 7.22. The fraction of sp³-hybridized carbons (Fsp3) is 0.429. The number of hydrogen-bond donors (Lipinski definition) is 0. The zero-order chi connectivity index (χ0) is 16.5. The number of benzene rings is 2. The summed E-state index contributed by atoms with van der Waals surface area (Å²) in [7, 11) is 0. The molecule has 3 nitrogen and oxygen atoms in total. The summed E-state index contributed by atoms with van der Waals surface area (Å²) in [5.41, 5.74) is 1.48. The van der Waals surface area contributed by atoms with Gasteiger partial charge in [0.05, 0.1) is 0 Å². The van der Waals surface area contributed by atoms with E-state index in [0.717, 1.165) is 54.6 Å². The van der Waals surface area contributed by atoms with Gasteiger partial charge >= 0.3 is 0 Å². The maximum atomic E-state index is 13.0. The first-order valence-corrected chi connectivity index (χ1v) is 9.02. The van der Waals surface area contributed by atoms with E-state index in [2.05, 4.69) is 4.90 Å². The van der Waals surface area contributed by atoms with E-state index in [1.807, 2.05) is 36.4 Å². The number of carbonyl (C=O) groups excluding carboxylic acids is 2. The van der Waals surface area contributed by atoms with Crippen LogP contribution in [0.3, 0.4) is 0 Å². The molecule has 0 amide bonds. The second kappa shape index (κ2) is 6.48. The van der Waals surface area contributed by atoms with E-state index in [9.17, 15) is 9.59 Å². The van der Waals surface area contributed by atoms with Gasteiger partial charge in [0.15, 0.2) is 5.78 Å². The minimum absolute atomic E-state index is 0.131. The summed E-state index contributed by atoms with van der Waals surface area (Å²) in [6, 6.07) is 12.2. The van der Waals surface area contributed by atoms with Crippen molar-refractivity contribution in [1.29, 1.82) is 0 Å². The molecular formula is C21H23NO2. The molecule has 1 heterocycles. The molecule has 0 radical (unpaired) electrons. The molecule has 1 unspecified atom stereocenters. The third kappa shape index (κ3) is 2.89. The van der Waals surface area contributed by atoms with Crippen molar-refractivity contribution in [3.63, 3.8) is 0 Å². The van der Waals surface area contributed by atoms with E-state index in [0.29, 0.717) is 5.56 Å². The molecule has 2 fully saturated rings. The van der Waals surface area contributed by atoms with E-state index >= 15 is 0 Å². The molecule has 0 aromatic heterocycles. The Balaban J connectivity index is 1.54. The summed E-state index contributed by atoms with van der Waals surface area (Å²) in [5.74, 6) is 0.409. The number of likely N-dealkylation sites (tertiary alicyclic amines) is 1. The van der Waals surface area contributed by atoms with Gasteiger partial charge in [0.2, 0.25) is 0 Å². The summed E-state index contributed by atoms with van der Waals surface area (Å²) in [5, 5.41) is 2.04. The predicted octanol–water partition coefficient (Wildman–Crippen LogP) is 4.10. The van der Waals surface area contributed by atoms with Gasteiger partial charge in [0.1, 0.15) is 6.29 Å². The lowest BCUT2D eigenvalue weighted by molar-refractivity contribution is 0.0612. The van der Waals surface area contributed by atoms with Crippen LogP contribution in [0, 0.1) is 5.92 Å². The Morgan fingerprint density at radius 2 is 1.79 bits per heavy atom. The Morgan fingerprint density at radius 3 is 2.54 bits per heavy atom. The average molecular weight is 321 g/mol. The van der Waals surface area contributed by atoms with Gasteiger partial charge in [-0.25, -0.2) is 0 Å². The van der Waals surface area contributed by atoms with Crippen LogP contribution in [0.25, 0.3) is 10.8 Å². The number of piperidine rings is 1. The minimum atomic E-state index is 0.131. The van der Waals surface area contributed by atoms with Crippen LogP contribution in [-0.4, -0.2) is 36.1 Å². The van der Waals surface area contributed by atoms with Gasteiger partial charge in [-0.3, -0.25) is 14.5 Å². The molecule has 0 bridgehead atoms. The van der Waals surface area contributed by atoms with Crippen LogP contribution in [0.2, 0.25) is 0 Å². The zero-order valence-electron chi connectivity index (χ0n) is 13.9. The van der Waals surface area contributed by atoms with Crippen LogP contribution < -0.4 is 0 Å². The highest BCUT2D eigenvalue weighted by atomic mass is 16.1. The number of carbonyl (C=O) groups is 2. The first kappa shape index (κ1) is 15.5. The molecule has 0 spiro atoms. The van der Waals surface area contributed by atoms with Gasteiger partial charge in [-0.2, -0.15) is 0 Å². The SMILES string of the molecule is O=Cc1ccc2cc(C(=O)C3CCCN(C4CCC4)C3)ccc2c1. The fourth-order valence-electron chi connectivity index (χ4n) is 4.03. The smallest absolute Gasteiger partial charge is 0.167 e. The van der Waals surface area contributed by atoms with Crippen LogP contribution >= 0.6 is 0 Å². The van der Waals surface area contributed by atoms with Crippen molar-refractivity contribution in [3.8, 4) is 0 Å². The molecule has 1 saturated carbocycles. The number of nitrogens with zero attached hydrogens (tertiary/aromatic N) is 1. The lowest BCUT2D eigenvalue weighted by atomic mass is 9.85. The molecule has 3 heteroatoms. The molecule has 2 aromatic carbocycles. The first-order valence-electron chi connectivity index (χ1n) is 9.02. The number of aldehydes is 1. The summed E-state index contributed by atoms with van der Waals surface area (Å²) < 4.78 is 0. The molecule has 2 aromatic rings. The topological polar surface area (TPSA) is 37.4 Å². The van der Waals surface area contributed by atoms with E-state index in [-0.39, 0.29) is 11.7 Å². The van der Waals surface area contributed by atoms with Crippen LogP contribution in [0.15, 0.2) is 36.4 Å². The van der Waals surface area contributed by atoms with E-state index in [1.54, 1.807) is 0 Å². The van der Waals surface area contributed by atoms with Gasteiger partial charge in [-0.15, -0.1) is 0 Å². The van der Waals surface area contributed by atoms with Crippen LogP contribution in [0.5, 0.6) is 0 Å². The second-order valence-corrected chi connectivity index (χ2v) is 7.22. The molecular weight excluding hydrogens is 298 g/mol. The molecule has 1 aliphatic carbocycles. The molecule has 1 aliphatic heterocycles. The number of rotatable bonds is 4. The number of ketones is 1. The summed E-state index contributed by atoms with van der Waals surface area (Å²) in [6.07, 6.45) is 6.93. The summed E-state index contributed by atoms with van der Waals surface area (Å²) in [4.78, 5) is 26.4. The van der Waals surface area contributed by atoms with Crippen molar-refractivity contribution >= 4 is 22.8 Å². The maximum absolute atomic E-state index is 13.0. The first-order chi connectivity index (χ1) is 11.7. The standard InChI is InChI=1S/C21H23NO2/c23-14-15-6-7-17-12-18(9-8-16(17)11-15)21(24)19-3-2-10-22(13-19)20-4-1-5-20/h6-9,11-12,14,19-20H,1-5,10,13H2. The van der Waals surface area contributed by atoms with Crippen molar-refractivity contribution in [1.82, 2.24) is 4.90 Å². The van der Waals surface area contributed by atoms with E-state index < -0.39 is 0 Å². The normalized spacial score (nSPS) is 22.2. The fourth-order valence-corrected chi connectivity index (χ4v) is 4.03. The van der Waals surface area contributed by atoms with E-state index in [1.165, 1.54) is 19.3 Å². The van der Waals surface area contributed by atoms with Crippen LogP contribution in [0.1, 0.15) is 52.8 Å². The molecule has 1 saturated heterocycles. The van der Waals surface area contributed by atoms with E-state index in [4.69, 9.17) is 0 Å².